The topological polar surface area (TPSA) is 92.8 Å². The molecule has 0 amide bonds. The van der Waals surface area contributed by atoms with Gasteiger partial charge in [0.15, 0.2) is 0 Å². The molecule has 0 bridgehead atoms. The molecule has 0 N–H and O–H groups in total. The van der Waals surface area contributed by atoms with Gasteiger partial charge in [-0.25, -0.2) is 0 Å². The van der Waals surface area contributed by atoms with Crippen molar-refractivity contribution < 1.29 is 9.85 Å². The van der Waals surface area contributed by atoms with Crippen molar-refractivity contribution in [3.05, 3.63) is 85.7 Å². The fourth-order valence-electron chi connectivity index (χ4n) is 4.65. The van der Waals surface area contributed by atoms with E-state index in [2.05, 4.69) is 9.80 Å². The lowest BCUT2D eigenvalue weighted by Crippen LogP contribution is -2.41. The summed E-state index contributed by atoms with van der Waals surface area (Å²) in [6.45, 7) is 3.87. The number of rotatable bonds is 6. The standard InChI is InChI=1S/C24H28N4O4/c29-27(30)21-11-7-19(8-12-21)23(20-9-13-22(14-10-20)28(31)32)24(25-15-3-1-4-16-25)26-17-5-2-6-18-26/h7-14H,1-6,15-18H2. The van der Waals surface area contributed by atoms with Gasteiger partial charge in [0, 0.05) is 56.0 Å². The second-order valence-electron chi connectivity index (χ2n) is 8.40. The lowest BCUT2D eigenvalue weighted by Gasteiger charge is -2.41. The molecule has 0 atom stereocenters. The summed E-state index contributed by atoms with van der Waals surface area (Å²) in [4.78, 5) is 26.5. The zero-order valence-electron chi connectivity index (χ0n) is 18.1. The largest absolute Gasteiger partial charge is 0.358 e. The van der Waals surface area contributed by atoms with E-state index in [1.54, 1.807) is 24.3 Å². The Balaban J connectivity index is 1.89. The molecule has 0 aliphatic carbocycles. The molecule has 2 aromatic rings. The Morgan fingerprint density at radius 1 is 0.594 bits per heavy atom. The van der Waals surface area contributed by atoms with Gasteiger partial charge >= 0.3 is 0 Å². The van der Waals surface area contributed by atoms with Gasteiger partial charge < -0.3 is 9.80 Å². The molecular formula is C24H28N4O4. The van der Waals surface area contributed by atoms with Crippen LogP contribution in [0.2, 0.25) is 0 Å². The number of nitro benzene ring substituents is 2. The first-order valence-corrected chi connectivity index (χ1v) is 11.3. The molecule has 0 aromatic heterocycles. The molecule has 2 saturated heterocycles. The van der Waals surface area contributed by atoms with Gasteiger partial charge in [-0.15, -0.1) is 0 Å². The number of hydrogen-bond donors (Lipinski definition) is 0. The first kappa shape index (κ1) is 21.8. The summed E-state index contributed by atoms with van der Waals surface area (Å²) in [5.74, 6) is 1.15. The molecule has 4 rings (SSSR count). The predicted octanol–water partition coefficient (Wildman–Crippen LogP) is 5.19. The van der Waals surface area contributed by atoms with Crippen molar-refractivity contribution in [3.63, 3.8) is 0 Å². The molecule has 0 saturated carbocycles. The molecule has 2 heterocycles. The van der Waals surface area contributed by atoms with Gasteiger partial charge in [0.2, 0.25) is 0 Å². The fourth-order valence-corrected chi connectivity index (χ4v) is 4.65. The van der Waals surface area contributed by atoms with E-state index in [1.165, 1.54) is 37.1 Å². The van der Waals surface area contributed by atoms with Crippen LogP contribution in [0.15, 0.2) is 54.4 Å². The lowest BCUT2D eigenvalue weighted by atomic mass is 9.95. The molecule has 0 unspecified atom stereocenters. The molecule has 32 heavy (non-hydrogen) atoms. The van der Waals surface area contributed by atoms with Gasteiger partial charge in [-0.05, 0) is 73.9 Å². The Morgan fingerprint density at radius 2 is 0.938 bits per heavy atom. The van der Waals surface area contributed by atoms with Crippen LogP contribution in [-0.4, -0.2) is 45.8 Å². The monoisotopic (exact) mass is 436 g/mol. The van der Waals surface area contributed by atoms with Crippen molar-refractivity contribution in [2.75, 3.05) is 26.2 Å². The van der Waals surface area contributed by atoms with Crippen molar-refractivity contribution in [1.29, 1.82) is 0 Å². The number of benzene rings is 2. The average Bonchev–Trinajstić information content (AvgIpc) is 2.84. The SMILES string of the molecule is O=[N+]([O-])c1ccc(C(=C(N2CCCCC2)N2CCCCC2)c2ccc([N+](=O)[O-])cc2)cc1. The molecule has 0 spiro atoms. The number of non-ortho nitro benzene ring substituents is 2. The van der Waals surface area contributed by atoms with Gasteiger partial charge in [0.1, 0.15) is 5.82 Å². The highest BCUT2D eigenvalue weighted by Crippen LogP contribution is 2.35. The van der Waals surface area contributed by atoms with Gasteiger partial charge in [0.25, 0.3) is 11.4 Å². The van der Waals surface area contributed by atoms with Gasteiger partial charge in [-0.1, -0.05) is 0 Å². The summed E-state index contributed by atoms with van der Waals surface area (Å²) in [6.07, 6.45) is 6.95. The van der Waals surface area contributed by atoms with E-state index < -0.39 is 9.85 Å². The Kier molecular flexibility index (Phi) is 6.68. The zero-order chi connectivity index (χ0) is 22.5. The maximum atomic E-state index is 11.2. The Morgan fingerprint density at radius 3 is 1.25 bits per heavy atom. The summed E-state index contributed by atoms with van der Waals surface area (Å²) >= 11 is 0. The summed E-state index contributed by atoms with van der Waals surface area (Å²) < 4.78 is 0. The molecule has 0 radical (unpaired) electrons. The quantitative estimate of drug-likeness (QED) is 0.457. The van der Waals surface area contributed by atoms with Crippen LogP contribution in [0, 0.1) is 20.2 Å². The van der Waals surface area contributed by atoms with Crippen LogP contribution >= 0.6 is 0 Å². The summed E-state index contributed by atoms with van der Waals surface area (Å²) in [6, 6.07) is 13.3. The van der Waals surface area contributed by atoms with Crippen LogP contribution in [0.4, 0.5) is 11.4 Å². The molecule has 2 aromatic carbocycles. The minimum atomic E-state index is -0.394. The molecule has 168 valence electrons. The third-order valence-electron chi connectivity index (χ3n) is 6.27. The van der Waals surface area contributed by atoms with Crippen LogP contribution < -0.4 is 0 Å². The molecular weight excluding hydrogens is 408 g/mol. The lowest BCUT2D eigenvalue weighted by molar-refractivity contribution is -0.385. The second kappa shape index (κ2) is 9.80. The highest BCUT2D eigenvalue weighted by molar-refractivity contribution is 5.82. The van der Waals surface area contributed by atoms with Crippen molar-refractivity contribution in [1.82, 2.24) is 9.80 Å². The van der Waals surface area contributed by atoms with E-state index in [9.17, 15) is 20.2 Å². The number of piperidine rings is 2. The van der Waals surface area contributed by atoms with E-state index in [4.69, 9.17) is 0 Å². The molecule has 2 aliphatic rings. The summed E-state index contributed by atoms with van der Waals surface area (Å²) in [5, 5.41) is 22.4. The third kappa shape index (κ3) is 4.74. The smallest absolute Gasteiger partial charge is 0.269 e. The summed E-state index contributed by atoms with van der Waals surface area (Å²) in [7, 11) is 0. The van der Waals surface area contributed by atoms with Gasteiger partial charge in [0.05, 0.1) is 9.85 Å². The molecule has 2 fully saturated rings. The normalized spacial score (nSPS) is 16.5. The first-order chi connectivity index (χ1) is 15.5. The van der Waals surface area contributed by atoms with E-state index in [0.717, 1.165) is 74.4 Å². The van der Waals surface area contributed by atoms with Crippen LogP contribution in [0.25, 0.3) is 5.57 Å². The van der Waals surface area contributed by atoms with Crippen molar-refractivity contribution in [2.24, 2.45) is 0 Å². The third-order valence-corrected chi connectivity index (χ3v) is 6.27. The first-order valence-electron chi connectivity index (χ1n) is 11.3. The van der Waals surface area contributed by atoms with E-state index in [1.807, 2.05) is 0 Å². The Hall–Kier alpha value is -3.42. The fraction of sp³-hybridized carbons (Fsp3) is 0.417. The van der Waals surface area contributed by atoms with Crippen LogP contribution in [-0.2, 0) is 0 Å². The highest BCUT2D eigenvalue weighted by atomic mass is 16.6. The minimum Gasteiger partial charge on any atom is -0.358 e. The van der Waals surface area contributed by atoms with Crippen molar-refractivity contribution >= 4 is 16.9 Å². The maximum absolute atomic E-state index is 11.2. The van der Waals surface area contributed by atoms with Crippen molar-refractivity contribution in [3.8, 4) is 0 Å². The van der Waals surface area contributed by atoms with Crippen molar-refractivity contribution in [2.45, 2.75) is 38.5 Å². The average molecular weight is 437 g/mol. The molecule has 8 nitrogen and oxygen atoms in total. The van der Waals surface area contributed by atoms with Crippen LogP contribution in [0.5, 0.6) is 0 Å². The number of likely N-dealkylation sites (tertiary alicyclic amines) is 2. The Bertz CT molecular complexity index is 910. The number of hydrogen-bond acceptors (Lipinski definition) is 6. The maximum Gasteiger partial charge on any atom is 0.269 e. The van der Waals surface area contributed by atoms with E-state index in [0.29, 0.717) is 0 Å². The van der Waals surface area contributed by atoms with Crippen LogP contribution in [0.3, 0.4) is 0 Å². The van der Waals surface area contributed by atoms with Gasteiger partial charge in [-0.2, -0.15) is 0 Å². The number of nitro groups is 2. The summed E-state index contributed by atoms with van der Waals surface area (Å²) in [5.41, 5.74) is 2.85. The van der Waals surface area contributed by atoms with E-state index in [-0.39, 0.29) is 11.4 Å². The van der Waals surface area contributed by atoms with Crippen LogP contribution in [0.1, 0.15) is 49.7 Å². The van der Waals surface area contributed by atoms with E-state index >= 15 is 0 Å². The van der Waals surface area contributed by atoms with Gasteiger partial charge in [-0.3, -0.25) is 20.2 Å². The molecule has 8 heteroatoms. The minimum absolute atomic E-state index is 0.0503. The highest BCUT2D eigenvalue weighted by Gasteiger charge is 2.26. The number of nitrogens with zero attached hydrogens (tertiary/aromatic N) is 4. The Labute approximate surface area is 187 Å². The zero-order valence-corrected chi connectivity index (χ0v) is 18.1. The second-order valence-corrected chi connectivity index (χ2v) is 8.40. The predicted molar refractivity (Wildman–Crippen MR) is 123 cm³/mol. The molecule has 2 aliphatic heterocycles.